The van der Waals surface area contributed by atoms with E-state index in [1.54, 1.807) is 4.90 Å². The first kappa shape index (κ1) is 20.8. The Bertz CT molecular complexity index is 928. The number of hydrogen-bond acceptors (Lipinski definition) is 3. The smallest absolute Gasteiger partial charge is 0.417 e. The number of piperidine rings is 1. The minimum atomic E-state index is -4.52. The summed E-state index contributed by atoms with van der Waals surface area (Å²) in [5.41, 5.74) is -0.747. The zero-order chi connectivity index (χ0) is 20.6. The molecule has 1 aromatic carbocycles. The summed E-state index contributed by atoms with van der Waals surface area (Å²) in [6, 6.07) is 2.05. The Balaban J connectivity index is 1.80. The maximum Gasteiger partial charge on any atom is 0.417 e. The number of hydrogen-bond donors (Lipinski definition) is 1. The fourth-order valence-electron chi connectivity index (χ4n) is 3.36. The predicted octanol–water partition coefficient (Wildman–Crippen LogP) is 4.54. The van der Waals surface area contributed by atoms with Gasteiger partial charge in [0.05, 0.1) is 23.2 Å². The number of nitrogens with zero attached hydrogens (tertiary/aromatic N) is 2. The number of nitrogens with one attached hydrogen (secondary N) is 1. The number of aromatic amines is 1. The third-order valence-corrected chi connectivity index (χ3v) is 5.39. The van der Waals surface area contributed by atoms with E-state index < -0.39 is 17.4 Å². The molecule has 2 heterocycles. The highest BCUT2D eigenvalue weighted by Gasteiger charge is 2.34. The fourth-order valence-corrected chi connectivity index (χ4v) is 3.92. The molecular formula is C18H21BrF3N3O3. The number of likely N-dealkylation sites (tertiary alicyclic amines) is 1. The fraction of sp³-hybridized carbons (Fsp3) is 0.556. The van der Waals surface area contributed by atoms with Gasteiger partial charge in [-0.3, -0.25) is 4.57 Å². The summed E-state index contributed by atoms with van der Waals surface area (Å²) >= 11 is 2.96. The van der Waals surface area contributed by atoms with E-state index >= 15 is 0 Å². The van der Waals surface area contributed by atoms with Gasteiger partial charge in [0.15, 0.2) is 0 Å². The molecule has 1 saturated heterocycles. The van der Waals surface area contributed by atoms with Gasteiger partial charge in [-0.15, -0.1) is 0 Å². The van der Waals surface area contributed by atoms with Crippen molar-refractivity contribution in [1.29, 1.82) is 0 Å². The molecule has 2 aromatic rings. The van der Waals surface area contributed by atoms with Gasteiger partial charge in [0.25, 0.3) is 0 Å². The van der Waals surface area contributed by atoms with Crippen LogP contribution in [-0.2, 0) is 10.9 Å². The molecule has 3 rings (SSSR count). The van der Waals surface area contributed by atoms with Crippen LogP contribution in [0.1, 0.15) is 38.3 Å². The van der Waals surface area contributed by atoms with Crippen LogP contribution < -0.4 is 5.69 Å². The Hall–Kier alpha value is -1.97. The number of ether oxygens (including phenoxy) is 1. The van der Waals surface area contributed by atoms with Crippen LogP contribution in [0.15, 0.2) is 21.4 Å². The molecule has 0 saturated carbocycles. The summed E-state index contributed by atoms with van der Waals surface area (Å²) in [4.78, 5) is 28.6. The van der Waals surface area contributed by atoms with Crippen LogP contribution in [0, 0.1) is 5.92 Å². The SMILES string of the molecule is CC(C)COC(=O)N1CCC(n2c(=O)[nH]c3cc(C(F)(F)F)c(Br)cc32)CC1. The third-order valence-electron chi connectivity index (χ3n) is 4.74. The molecule has 0 unspecified atom stereocenters. The van der Waals surface area contributed by atoms with Crippen molar-refractivity contribution in [2.45, 2.75) is 38.9 Å². The summed E-state index contributed by atoms with van der Waals surface area (Å²) in [6.07, 6.45) is -3.87. The van der Waals surface area contributed by atoms with E-state index in [9.17, 15) is 22.8 Å². The highest BCUT2D eigenvalue weighted by molar-refractivity contribution is 9.10. The predicted molar refractivity (Wildman–Crippen MR) is 101 cm³/mol. The molecule has 10 heteroatoms. The number of rotatable bonds is 3. The molecule has 1 aromatic heterocycles. The molecule has 1 fully saturated rings. The molecule has 154 valence electrons. The molecule has 0 radical (unpaired) electrons. The van der Waals surface area contributed by atoms with E-state index in [1.165, 1.54) is 10.6 Å². The standard InChI is InChI=1S/C18H21BrF3N3O3/c1-10(2)9-28-17(27)24-5-3-11(4-6-24)25-15-8-13(19)12(18(20,21)22)7-14(15)23-16(25)26/h7-8,10-11H,3-6,9H2,1-2H3,(H,23,26). The number of H-pyrrole nitrogens is 1. The first-order valence-electron chi connectivity index (χ1n) is 9.00. The lowest BCUT2D eigenvalue weighted by Gasteiger charge is -2.32. The van der Waals surface area contributed by atoms with Crippen molar-refractivity contribution in [3.63, 3.8) is 0 Å². The number of aromatic nitrogens is 2. The van der Waals surface area contributed by atoms with Crippen molar-refractivity contribution < 1.29 is 22.7 Å². The molecule has 1 aliphatic heterocycles. The number of benzene rings is 1. The van der Waals surface area contributed by atoms with Crippen molar-refractivity contribution >= 4 is 33.1 Å². The summed E-state index contributed by atoms with van der Waals surface area (Å²) < 4.78 is 45.9. The second-order valence-electron chi connectivity index (χ2n) is 7.34. The molecule has 0 spiro atoms. The zero-order valence-corrected chi connectivity index (χ0v) is 17.1. The van der Waals surface area contributed by atoms with Gasteiger partial charge in [0.2, 0.25) is 0 Å². The van der Waals surface area contributed by atoms with Gasteiger partial charge in [0, 0.05) is 23.6 Å². The van der Waals surface area contributed by atoms with Gasteiger partial charge in [-0.05, 0) is 30.9 Å². The summed E-state index contributed by atoms with van der Waals surface area (Å²) in [6.45, 7) is 5.08. The highest BCUT2D eigenvalue weighted by Crippen LogP contribution is 2.37. The lowest BCUT2D eigenvalue weighted by Crippen LogP contribution is -2.41. The number of halogens is 4. The van der Waals surface area contributed by atoms with Crippen molar-refractivity contribution in [1.82, 2.24) is 14.5 Å². The quantitative estimate of drug-likeness (QED) is 0.726. The molecule has 28 heavy (non-hydrogen) atoms. The molecule has 0 atom stereocenters. The van der Waals surface area contributed by atoms with E-state index in [0.29, 0.717) is 38.1 Å². The van der Waals surface area contributed by atoms with E-state index in [4.69, 9.17) is 4.74 Å². The third kappa shape index (κ3) is 4.21. The summed E-state index contributed by atoms with van der Waals surface area (Å²) in [5.74, 6) is 0.242. The first-order valence-corrected chi connectivity index (χ1v) is 9.80. The Morgan fingerprint density at radius 1 is 1.32 bits per heavy atom. The van der Waals surface area contributed by atoms with Crippen molar-refractivity contribution in [2.75, 3.05) is 19.7 Å². The Labute approximate surface area is 167 Å². The number of amides is 1. The van der Waals surface area contributed by atoms with E-state index in [0.717, 1.165) is 6.07 Å². The van der Waals surface area contributed by atoms with Crippen LogP contribution in [0.3, 0.4) is 0 Å². The van der Waals surface area contributed by atoms with Crippen molar-refractivity contribution in [3.8, 4) is 0 Å². The molecule has 6 nitrogen and oxygen atoms in total. The lowest BCUT2D eigenvalue weighted by atomic mass is 10.0. The summed E-state index contributed by atoms with van der Waals surface area (Å²) in [7, 11) is 0. The minimum absolute atomic E-state index is 0.116. The molecule has 0 bridgehead atoms. The second-order valence-corrected chi connectivity index (χ2v) is 8.19. The zero-order valence-electron chi connectivity index (χ0n) is 15.5. The second kappa shape index (κ2) is 7.81. The maximum atomic E-state index is 13.1. The van der Waals surface area contributed by atoms with Gasteiger partial charge in [-0.1, -0.05) is 29.8 Å². The van der Waals surface area contributed by atoms with Crippen LogP contribution in [0.4, 0.5) is 18.0 Å². The van der Waals surface area contributed by atoms with Gasteiger partial charge < -0.3 is 14.6 Å². The largest absolute Gasteiger partial charge is 0.449 e. The van der Waals surface area contributed by atoms with Crippen molar-refractivity contribution in [2.24, 2.45) is 5.92 Å². The highest BCUT2D eigenvalue weighted by atomic mass is 79.9. The van der Waals surface area contributed by atoms with Crippen LogP contribution >= 0.6 is 15.9 Å². The molecule has 1 amide bonds. The molecule has 1 aliphatic rings. The number of imidazole rings is 1. The van der Waals surface area contributed by atoms with Gasteiger partial charge >= 0.3 is 18.0 Å². The minimum Gasteiger partial charge on any atom is -0.449 e. The van der Waals surface area contributed by atoms with E-state index in [-0.39, 0.29) is 28.0 Å². The number of alkyl halides is 3. The van der Waals surface area contributed by atoms with Crippen LogP contribution in [0.25, 0.3) is 11.0 Å². The normalized spacial score (nSPS) is 16.2. The Kier molecular flexibility index (Phi) is 5.79. The lowest BCUT2D eigenvalue weighted by molar-refractivity contribution is -0.138. The topological polar surface area (TPSA) is 67.3 Å². The maximum absolute atomic E-state index is 13.1. The Morgan fingerprint density at radius 3 is 2.54 bits per heavy atom. The molecule has 1 N–H and O–H groups in total. The van der Waals surface area contributed by atoms with Gasteiger partial charge in [0.1, 0.15) is 0 Å². The van der Waals surface area contributed by atoms with Gasteiger partial charge in [-0.25, -0.2) is 9.59 Å². The number of carbonyl (C=O) groups excluding carboxylic acids is 1. The first-order chi connectivity index (χ1) is 13.1. The average Bonchev–Trinajstić information content (AvgIpc) is 2.93. The van der Waals surface area contributed by atoms with E-state index in [1.807, 2.05) is 13.8 Å². The van der Waals surface area contributed by atoms with Gasteiger partial charge in [-0.2, -0.15) is 13.2 Å². The average molecular weight is 464 g/mol. The van der Waals surface area contributed by atoms with E-state index in [2.05, 4.69) is 20.9 Å². The van der Waals surface area contributed by atoms with Crippen LogP contribution in [0.2, 0.25) is 0 Å². The molecule has 0 aliphatic carbocycles. The van der Waals surface area contributed by atoms with Crippen LogP contribution in [0.5, 0.6) is 0 Å². The monoisotopic (exact) mass is 463 g/mol. The number of carbonyl (C=O) groups is 1. The number of fused-ring (bicyclic) bond motifs is 1. The summed E-state index contributed by atoms with van der Waals surface area (Å²) in [5, 5.41) is 0. The Morgan fingerprint density at radius 2 is 1.96 bits per heavy atom. The van der Waals surface area contributed by atoms with Crippen LogP contribution in [-0.4, -0.2) is 40.2 Å². The molecular weight excluding hydrogens is 443 g/mol. The van der Waals surface area contributed by atoms with Crippen molar-refractivity contribution in [3.05, 3.63) is 32.7 Å².